The maximum absolute atomic E-state index is 11.0. The molecule has 2 aliphatic rings. The third-order valence-electron chi connectivity index (χ3n) is 2.43. The molecule has 2 aliphatic heterocycles. The number of carbonyl (C=O) groups is 1. The van der Waals surface area contributed by atoms with Gasteiger partial charge >= 0.3 is 0 Å². The van der Waals surface area contributed by atoms with Crippen LogP contribution in [0.1, 0.15) is 12.8 Å². The number of rotatable bonds is 1. The summed E-state index contributed by atoms with van der Waals surface area (Å²) in [6.07, 6.45) is 2.30. The van der Waals surface area contributed by atoms with Crippen molar-refractivity contribution in [3.63, 3.8) is 0 Å². The number of hydrogen-bond acceptors (Lipinski definition) is 3. The minimum absolute atomic E-state index is 0.125. The molecule has 2 unspecified atom stereocenters. The standard InChI is InChI=1S/C7H12N2OS/c10-7-5(4-8-7)9-3-1-2-6(9)11/h5-6,11H,1-4H2,(H,8,10). The van der Waals surface area contributed by atoms with Gasteiger partial charge in [-0.25, -0.2) is 0 Å². The van der Waals surface area contributed by atoms with Crippen LogP contribution in [-0.2, 0) is 4.79 Å². The number of likely N-dealkylation sites (tertiary alicyclic amines) is 1. The zero-order valence-electron chi connectivity index (χ0n) is 6.29. The summed E-state index contributed by atoms with van der Waals surface area (Å²) in [4.78, 5) is 13.2. The molecule has 62 valence electrons. The van der Waals surface area contributed by atoms with Gasteiger partial charge in [-0.15, -0.1) is 0 Å². The third kappa shape index (κ3) is 1.14. The van der Waals surface area contributed by atoms with E-state index in [1.54, 1.807) is 0 Å². The van der Waals surface area contributed by atoms with E-state index in [0.29, 0.717) is 5.37 Å². The fourth-order valence-corrected chi connectivity index (χ4v) is 2.14. The third-order valence-corrected chi connectivity index (χ3v) is 2.99. The summed E-state index contributed by atoms with van der Waals surface area (Å²) in [6, 6.07) is 0.125. The molecule has 0 bridgehead atoms. The molecule has 0 aromatic carbocycles. The van der Waals surface area contributed by atoms with Crippen molar-refractivity contribution in [1.82, 2.24) is 10.2 Å². The lowest BCUT2D eigenvalue weighted by molar-refractivity contribution is -0.132. The van der Waals surface area contributed by atoms with Crippen molar-refractivity contribution in [1.29, 1.82) is 0 Å². The summed E-state index contributed by atoms with van der Waals surface area (Å²) in [6.45, 7) is 1.85. The van der Waals surface area contributed by atoms with E-state index < -0.39 is 0 Å². The lowest BCUT2D eigenvalue weighted by Crippen LogP contribution is -2.62. The van der Waals surface area contributed by atoms with Crippen LogP contribution in [0.25, 0.3) is 0 Å². The molecule has 11 heavy (non-hydrogen) atoms. The summed E-state index contributed by atoms with van der Waals surface area (Å²) in [5.74, 6) is 0.172. The Morgan fingerprint density at radius 1 is 1.64 bits per heavy atom. The zero-order chi connectivity index (χ0) is 7.84. The Kier molecular flexibility index (Phi) is 1.81. The van der Waals surface area contributed by atoms with Crippen molar-refractivity contribution in [2.45, 2.75) is 24.3 Å². The Balaban J connectivity index is 1.98. The molecule has 3 nitrogen and oxygen atoms in total. The van der Waals surface area contributed by atoms with E-state index in [-0.39, 0.29) is 11.9 Å². The van der Waals surface area contributed by atoms with Gasteiger partial charge in [-0.2, -0.15) is 12.6 Å². The average molecular weight is 172 g/mol. The van der Waals surface area contributed by atoms with Gasteiger partial charge in [-0.1, -0.05) is 0 Å². The van der Waals surface area contributed by atoms with Gasteiger partial charge < -0.3 is 5.32 Å². The van der Waals surface area contributed by atoms with Crippen LogP contribution in [0, 0.1) is 0 Å². The maximum atomic E-state index is 11.0. The fourth-order valence-electron chi connectivity index (χ4n) is 1.68. The first kappa shape index (κ1) is 7.43. The highest BCUT2D eigenvalue weighted by Crippen LogP contribution is 2.24. The van der Waals surface area contributed by atoms with Crippen LogP contribution in [0.4, 0.5) is 0 Å². The summed E-state index contributed by atoms with van der Waals surface area (Å²) in [5.41, 5.74) is 0. The topological polar surface area (TPSA) is 32.3 Å². The number of nitrogens with one attached hydrogen (secondary N) is 1. The van der Waals surface area contributed by atoms with E-state index >= 15 is 0 Å². The van der Waals surface area contributed by atoms with E-state index in [1.807, 2.05) is 0 Å². The fraction of sp³-hybridized carbons (Fsp3) is 0.857. The highest BCUT2D eigenvalue weighted by atomic mass is 32.1. The molecule has 1 amide bonds. The predicted molar refractivity (Wildman–Crippen MR) is 45.5 cm³/mol. The lowest BCUT2D eigenvalue weighted by Gasteiger charge is -2.36. The van der Waals surface area contributed by atoms with Gasteiger partial charge in [0.2, 0.25) is 5.91 Å². The molecule has 1 N–H and O–H groups in total. The van der Waals surface area contributed by atoms with Crippen molar-refractivity contribution in [2.24, 2.45) is 0 Å². The number of amides is 1. The molecule has 2 saturated heterocycles. The molecule has 2 fully saturated rings. The van der Waals surface area contributed by atoms with Crippen LogP contribution in [0.15, 0.2) is 0 Å². The normalized spacial score (nSPS) is 38.5. The quantitative estimate of drug-likeness (QED) is 0.425. The smallest absolute Gasteiger partial charge is 0.239 e. The molecule has 2 rings (SSSR count). The van der Waals surface area contributed by atoms with Gasteiger partial charge in [-0.3, -0.25) is 9.69 Å². The maximum Gasteiger partial charge on any atom is 0.239 e. The molecule has 2 heterocycles. The van der Waals surface area contributed by atoms with Crippen molar-refractivity contribution >= 4 is 18.5 Å². The first-order chi connectivity index (χ1) is 5.29. The average Bonchev–Trinajstić information content (AvgIpc) is 2.34. The van der Waals surface area contributed by atoms with E-state index in [2.05, 4.69) is 22.8 Å². The first-order valence-electron chi connectivity index (χ1n) is 4.00. The monoisotopic (exact) mass is 172 g/mol. The predicted octanol–water partition coefficient (Wildman–Crippen LogP) is -0.164. The van der Waals surface area contributed by atoms with Gasteiger partial charge in [-0.05, 0) is 12.8 Å². The summed E-state index contributed by atoms with van der Waals surface area (Å²) in [5, 5.41) is 3.05. The lowest BCUT2D eigenvalue weighted by atomic mass is 10.1. The van der Waals surface area contributed by atoms with Crippen LogP contribution < -0.4 is 5.32 Å². The molecule has 0 spiro atoms. The minimum Gasteiger partial charge on any atom is -0.353 e. The number of carbonyl (C=O) groups excluding carboxylic acids is 1. The van der Waals surface area contributed by atoms with Gasteiger partial charge in [0.25, 0.3) is 0 Å². The van der Waals surface area contributed by atoms with Crippen molar-refractivity contribution < 1.29 is 4.79 Å². The molecule has 0 saturated carbocycles. The molecular weight excluding hydrogens is 160 g/mol. The molecular formula is C7H12N2OS. The van der Waals surface area contributed by atoms with E-state index in [1.165, 1.54) is 6.42 Å². The van der Waals surface area contributed by atoms with Crippen LogP contribution in [0.3, 0.4) is 0 Å². The van der Waals surface area contributed by atoms with Crippen LogP contribution in [0.2, 0.25) is 0 Å². The van der Waals surface area contributed by atoms with E-state index in [4.69, 9.17) is 0 Å². The van der Waals surface area contributed by atoms with E-state index in [9.17, 15) is 4.79 Å². The van der Waals surface area contributed by atoms with Crippen LogP contribution in [0.5, 0.6) is 0 Å². The van der Waals surface area contributed by atoms with Crippen molar-refractivity contribution in [2.75, 3.05) is 13.1 Å². The number of thiol groups is 1. The second-order valence-electron chi connectivity index (χ2n) is 3.12. The van der Waals surface area contributed by atoms with Gasteiger partial charge in [0, 0.05) is 13.1 Å². The van der Waals surface area contributed by atoms with Crippen molar-refractivity contribution in [3.8, 4) is 0 Å². The molecule has 0 aliphatic carbocycles. The second kappa shape index (κ2) is 2.68. The Morgan fingerprint density at radius 3 is 2.82 bits per heavy atom. The van der Waals surface area contributed by atoms with Gasteiger partial charge in [0.15, 0.2) is 0 Å². The molecule has 0 radical (unpaired) electrons. The Labute approximate surface area is 71.5 Å². The summed E-state index contributed by atoms with van der Waals surface area (Å²) in [7, 11) is 0. The Bertz CT molecular complexity index is 185. The molecule has 0 aromatic heterocycles. The molecule has 4 heteroatoms. The minimum atomic E-state index is 0.125. The molecule has 0 aromatic rings. The molecule has 2 atom stereocenters. The summed E-state index contributed by atoms with van der Waals surface area (Å²) >= 11 is 4.40. The zero-order valence-corrected chi connectivity index (χ0v) is 7.18. The highest BCUT2D eigenvalue weighted by Gasteiger charge is 2.38. The van der Waals surface area contributed by atoms with Gasteiger partial charge in [0.05, 0.1) is 5.37 Å². The van der Waals surface area contributed by atoms with E-state index in [0.717, 1.165) is 19.5 Å². The van der Waals surface area contributed by atoms with Crippen LogP contribution in [-0.4, -0.2) is 35.3 Å². The Morgan fingerprint density at radius 2 is 2.45 bits per heavy atom. The number of hydrogen-bond donors (Lipinski definition) is 2. The van der Waals surface area contributed by atoms with Gasteiger partial charge in [0.1, 0.15) is 6.04 Å². The number of nitrogens with zero attached hydrogens (tertiary/aromatic N) is 1. The first-order valence-corrected chi connectivity index (χ1v) is 4.52. The largest absolute Gasteiger partial charge is 0.353 e. The highest BCUT2D eigenvalue weighted by molar-refractivity contribution is 7.80. The SMILES string of the molecule is O=C1NCC1N1CCCC1S. The second-order valence-corrected chi connectivity index (χ2v) is 3.72. The summed E-state index contributed by atoms with van der Waals surface area (Å²) < 4.78 is 0. The van der Waals surface area contributed by atoms with Crippen molar-refractivity contribution in [3.05, 3.63) is 0 Å². The Hall–Kier alpha value is -0.220. The van der Waals surface area contributed by atoms with Crippen LogP contribution >= 0.6 is 12.6 Å². The number of β-lactam (4-membered cyclic amide) rings is 1.